The molecule has 8 nitrogen and oxygen atoms in total. The van der Waals surface area contributed by atoms with Gasteiger partial charge in [0.1, 0.15) is 5.00 Å². The zero-order chi connectivity index (χ0) is 19.3. The fraction of sp³-hybridized carbons (Fsp3) is 0.667. The number of methoxy groups -OCH3 is 1. The van der Waals surface area contributed by atoms with Gasteiger partial charge in [-0.2, -0.15) is 0 Å². The summed E-state index contributed by atoms with van der Waals surface area (Å²) in [5.41, 5.74) is 1.57. The van der Waals surface area contributed by atoms with Crippen molar-refractivity contribution in [3.8, 4) is 0 Å². The average molecular weight is 394 g/mol. The van der Waals surface area contributed by atoms with Crippen molar-refractivity contribution in [1.82, 2.24) is 15.1 Å². The third-order valence-electron chi connectivity index (χ3n) is 5.70. The van der Waals surface area contributed by atoms with Crippen LogP contribution in [0.4, 0.5) is 9.80 Å². The van der Waals surface area contributed by atoms with Gasteiger partial charge >= 0.3 is 6.03 Å². The lowest BCUT2D eigenvalue weighted by atomic mass is 10.1. The van der Waals surface area contributed by atoms with Crippen LogP contribution < -0.4 is 10.2 Å². The van der Waals surface area contributed by atoms with Gasteiger partial charge in [-0.3, -0.25) is 9.69 Å². The van der Waals surface area contributed by atoms with Crippen LogP contribution in [0.5, 0.6) is 0 Å². The Balaban J connectivity index is 1.69. The van der Waals surface area contributed by atoms with E-state index in [1.807, 2.05) is 11.8 Å². The first-order valence-corrected chi connectivity index (χ1v) is 10.2. The molecule has 0 bridgehead atoms. The summed E-state index contributed by atoms with van der Waals surface area (Å²) >= 11 is 1.49. The second-order valence-corrected chi connectivity index (χ2v) is 8.59. The number of urea groups is 1. The van der Waals surface area contributed by atoms with E-state index in [1.54, 1.807) is 16.9 Å². The van der Waals surface area contributed by atoms with Crippen LogP contribution in [-0.4, -0.2) is 72.6 Å². The molecule has 4 rings (SSSR count). The zero-order valence-corrected chi connectivity index (χ0v) is 16.7. The number of hydrogen-bond acceptors (Lipinski definition) is 6. The highest BCUT2D eigenvalue weighted by Crippen LogP contribution is 2.46. The predicted octanol–water partition coefficient (Wildman–Crippen LogP) is 1.17. The Morgan fingerprint density at radius 3 is 2.70 bits per heavy atom. The number of nitrogens with one attached hydrogen (secondary N) is 1. The van der Waals surface area contributed by atoms with E-state index in [4.69, 9.17) is 4.74 Å². The lowest BCUT2D eigenvalue weighted by molar-refractivity contribution is -0.00586. The molecule has 0 spiro atoms. The van der Waals surface area contributed by atoms with Crippen molar-refractivity contribution in [1.29, 1.82) is 0 Å². The minimum atomic E-state index is -0.976. The van der Waals surface area contributed by atoms with E-state index in [2.05, 4.69) is 12.2 Å². The smallest absolute Gasteiger partial charge is 0.317 e. The summed E-state index contributed by atoms with van der Waals surface area (Å²) in [4.78, 5) is 31.4. The SMILES string of the molecule is COCCN1c2sc(CN3CCNC3=O)c(C)c2C(=O)N(C2CC2C)C1O. The summed E-state index contributed by atoms with van der Waals surface area (Å²) < 4.78 is 5.21. The number of thiophene rings is 1. The summed E-state index contributed by atoms with van der Waals surface area (Å²) in [5.74, 6) is 0.299. The molecular formula is C18H26N4O4S. The Labute approximate surface area is 162 Å². The van der Waals surface area contributed by atoms with Gasteiger partial charge in [0, 0.05) is 37.7 Å². The van der Waals surface area contributed by atoms with Crippen LogP contribution in [0.25, 0.3) is 0 Å². The molecule has 1 saturated heterocycles. The van der Waals surface area contributed by atoms with Crippen LogP contribution in [0.1, 0.15) is 34.1 Å². The molecule has 9 heteroatoms. The van der Waals surface area contributed by atoms with Gasteiger partial charge in [0.25, 0.3) is 5.91 Å². The van der Waals surface area contributed by atoms with Crippen molar-refractivity contribution in [2.75, 3.05) is 38.3 Å². The molecule has 148 valence electrons. The molecule has 1 aromatic heterocycles. The fourth-order valence-corrected chi connectivity index (χ4v) is 5.25. The summed E-state index contributed by atoms with van der Waals surface area (Å²) in [7, 11) is 1.63. The number of carbonyl (C=O) groups excluding carboxylic acids is 2. The van der Waals surface area contributed by atoms with Gasteiger partial charge in [-0.1, -0.05) is 6.92 Å². The maximum atomic E-state index is 13.2. The van der Waals surface area contributed by atoms with Crippen molar-refractivity contribution in [2.24, 2.45) is 5.92 Å². The molecule has 0 radical (unpaired) electrons. The van der Waals surface area contributed by atoms with Crippen LogP contribution in [0.2, 0.25) is 0 Å². The van der Waals surface area contributed by atoms with E-state index < -0.39 is 6.35 Å². The van der Waals surface area contributed by atoms with Gasteiger partial charge < -0.3 is 25.0 Å². The maximum Gasteiger partial charge on any atom is 0.317 e. The first-order chi connectivity index (χ1) is 12.9. The molecule has 0 aromatic carbocycles. The van der Waals surface area contributed by atoms with Crippen molar-refractivity contribution in [3.05, 3.63) is 16.0 Å². The topological polar surface area (TPSA) is 85.4 Å². The van der Waals surface area contributed by atoms with E-state index in [0.29, 0.717) is 44.3 Å². The Kier molecular flexibility index (Phi) is 4.77. The molecule has 2 N–H and O–H groups in total. The molecular weight excluding hydrogens is 368 g/mol. The molecule has 3 atom stereocenters. The number of rotatable bonds is 6. The third kappa shape index (κ3) is 3.07. The third-order valence-corrected chi connectivity index (χ3v) is 7.02. The van der Waals surface area contributed by atoms with Gasteiger partial charge in [0.15, 0.2) is 0 Å². The van der Waals surface area contributed by atoms with Crippen molar-refractivity contribution >= 4 is 28.3 Å². The molecule has 3 unspecified atom stereocenters. The normalized spacial score (nSPS) is 27.3. The number of nitrogens with zero attached hydrogens (tertiary/aromatic N) is 3. The van der Waals surface area contributed by atoms with Crippen LogP contribution in [0.3, 0.4) is 0 Å². The fourth-order valence-electron chi connectivity index (χ4n) is 3.89. The van der Waals surface area contributed by atoms with Crippen LogP contribution in [-0.2, 0) is 11.3 Å². The highest BCUT2D eigenvalue weighted by Gasteiger charge is 2.49. The zero-order valence-electron chi connectivity index (χ0n) is 15.9. The predicted molar refractivity (Wildman–Crippen MR) is 102 cm³/mol. The molecule has 2 fully saturated rings. The monoisotopic (exact) mass is 394 g/mol. The molecule has 2 aliphatic heterocycles. The highest BCUT2D eigenvalue weighted by atomic mass is 32.1. The van der Waals surface area contributed by atoms with Crippen LogP contribution in [0, 0.1) is 12.8 Å². The lowest BCUT2D eigenvalue weighted by Crippen LogP contribution is -2.57. The first kappa shape index (κ1) is 18.5. The maximum absolute atomic E-state index is 13.2. The number of amides is 3. The van der Waals surface area contributed by atoms with Crippen molar-refractivity contribution in [2.45, 2.75) is 39.2 Å². The molecule has 1 saturated carbocycles. The lowest BCUT2D eigenvalue weighted by Gasteiger charge is -2.41. The number of carbonyl (C=O) groups is 2. The van der Waals surface area contributed by atoms with Gasteiger partial charge in [-0.25, -0.2) is 4.79 Å². The van der Waals surface area contributed by atoms with E-state index >= 15 is 0 Å². The number of fused-ring (bicyclic) bond motifs is 1. The second-order valence-electron chi connectivity index (χ2n) is 7.51. The largest absolute Gasteiger partial charge is 0.383 e. The van der Waals surface area contributed by atoms with E-state index in [1.165, 1.54) is 11.3 Å². The van der Waals surface area contributed by atoms with Crippen molar-refractivity contribution in [3.63, 3.8) is 0 Å². The minimum absolute atomic E-state index is 0.0724. The van der Waals surface area contributed by atoms with E-state index in [0.717, 1.165) is 21.9 Å². The van der Waals surface area contributed by atoms with Gasteiger partial charge in [0.2, 0.25) is 6.35 Å². The average Bonchev–Trinajstić information content (AvgIpc) is 3.04. The highest BCUT2D eigenvalue weighted by molar-refractivity contribution is 7.16. The Morgan fingerprint density at radius 2 is 2.11 bits per heavy atom. The number of anilines is 1. The quantitative estimate of drug-likeness (QED) is 0.757. The standard InChI is InChI=1S/C18H26N4O4S/c1-10-8-12(10)22-15(23)14-11(2)13(9-20-5-4-19-17(20)24)27-16(14)21(18(22)25)6-7-26-3/h10,12,18,25H,4-9H2,1-3H3,(H,19,24). The number of aliphatic hydroxyl groups is 1. The summed E-state index contributed by atoms with van der Waals surface area (Å²) in [6.45, 7) is 6.79. The molecule has 1 aromatic rings. The first-order valence-electron chi connectivity index (χ1n) is 9.35. The van der Waals surface area contributed by atoms with Crippen LogP contribution in [0.15, 0.2) is 0 Å². The number of ether oxygens (including phenoxy) is 1. The van der Waals surface area contributed by atoms with Gasteiger partial charge in [-0.15, -0.1) is 11.3 Å². The molecule has 3 heterocycles. The molecule has 3 amide bonds. The van der Waals surface area contributed by atoms with Gasteiger partial charge in [0.05, 0.1) is 18.7 Å². The van der Waals surface area contributed by atoms with Gasteiger partial charge in [-0.05, 0) is 24.8 Å². The van der Waals surface area contributed by atoms with Crippen LogP contribution >= 0.6 is 11.3 Å². The minimum Gasteiger partial charge on any atom is -0.383 e. The van der Waals surface area contributed by atoms with E-state index in [9.17, 15) is 14.7 Å². The summed E-state index contributed by atoms with van der Waals surface area (Å²) in [6.07, 6.45) is -0.0589. The molecule has 1 aliphatic carbocycles. The summed E-state index contributed by atoms with van der Waals surface area (Å²) in [5, 5.41) is 14.5. The Hall–Kier alpha value is -1.84. The van der Waals surface area contributed by atoms with Crippen molar-refractivity contribution < 1.29 is 19.4 Å². The molecule has 3 aliphatic rings. The summed E-state index contributed by atoms with van der Waals surface area (Å²) in [6, 6.07) is 0.00890. The second kappa shape index (κ2) is 6.96. The Bertz CT molecular complexity index is 767. The number of aliphatic hydroxyl groups excluding tert-OH is 1. The van der Waals surface area contributed by atoms with E-state index in [-0.39, 0.29) is 18.0 Å². The Morgan fingerprint density at radius 1 is 1.37 bits per heavy atom. The number of hydrogen-bond donors (Lipinski definition) is 2. The molecule has 27 heavy (non-hydrogen) atoms.